The van der Waals surface area contributed by atoms with Crippen LogP contribution < -0.4 is 5.32 Å². The molecule has 0 aliphatic carbocycles. The average Bonchev–Trinajstić information content (AvgIpc) is 3.18. The molecule has 1 aromatic heterocycles. The zero-order valence-corrected chi connectivity index (χ0v) is 15.1. The number of aryl methyl sites for hydroxylation is 2. The molecule has 5 heteroatoms. The van der Waals surface area contributed by atoms with Crippen molar-refractivity contribution in [2.24, 2.45) is 0 Å². The maximum absolute atomic E-state index is 13.4. The first-order valence-electron chi connectivity index (χ1n) is 8.35. The molecule has 1 amide bonds. The third-order valence-corrected chi connectivity index (χ3v) is 5.82. The maximum atomic E-state index is 13.4. The van der Waals surface area contributed by atoms with Crippen molar-refractivity contribution in [1.29, 1.82) is 0 Å². The van der Waals surface area contributed by atoms with Gasteiger partial charge < -0.3 is 5.32 Å². The van der Waals surface area contributed by atoms with Crippen molar-refractivity contribution in [2.75, 3.05) is 11.9 Å². The molecule has 3 rings (SSSR count). The molecule has 0 bridgehead atoms. The van der Waals surface area contributed by atoms with Gasteiger partial charge in [0.1, 0.15) is 5.82 Å². The molecule has 1 N–H and O–H groups in total. The molecule has 0 radical (unpaired) electrons. The largest absolute Gasteiger partial charge is 0.324 e. The van der Waals surface area contributed by atoms with Crippen molar-refractivity contribution < 1.29 is 9.18 Å². The summed E-state index contributed by atoms with van der Waals surface area (Å²) in [5, 5.41) is 2.89. The number of rotatable bonds is 4. The van der Waals surface area contributed by atoms with Gasteiger partial charge in [0.05, 0.1) is 6.04 Å². The number of carbonyl (C=O) groups excluding carboxylic acids is 1. The van der Waals surface area contributed by atoms with E-state index < -0.39 is 0 Å². The molecule has 2 aromatic rings. The van der Waals surface area contributed by atoms with Gasteiger partial charge in [0.2, 0.25) is 5.91 Å². The van der Waals surface area contributed by atoms with E-state index in [1.807, 2.05) is 13.8 Å². The minimum Gasteiger partial charge on any atom is -0.324 e. The van der Waals surface area contributed by atoms with Crippen LogP contribution in [0.4, 0.5) is 10.1 Å². The van der Waals surface area contributed by atoms with Crippen LogP contribution in [-0.4, -0.2) is 23.4 Å². The highest BCUT2D eigenvalue weighted by atomic mass is 32.1. The monoisotopic (exact) mass is 346 g/mol. The maximum Gasteiger partial charge on any atom is 0.241 e. The number of benzene rings is 1. The van der Waals surface area contributed by atoms with Crippen molar-refractivity contribution in [2.45, 2.75) is 45.7 Å². The van der Waals surface area contributed by atoms with Gasteiger partial charge in [-0.05, 0) is 70.0 Å². The minimum atomic E-state index is -0.336. The first-order chi connectivity index (χ1) is 11.5. The van der Waals surface area contributed by atoms with Gasteiger partial charge in [-0.15, -0.1) is 11.3 Å². The van der Waals surface area contributed by atoms with Gasteiger partial charge in [0.25, 0.3) is 0 Å². The van der Waals surface area contributed by atoms with Crippen molar-refractivity contribution in [3.05, 3.63) is 51.5 Å². The third kappa shape index (κ3) is 3.52. The van der Waals surface area contributed by atoms with E-state index >= 15 is 0 Å². The Morgan fingerprint density at radius 3 is 2.83 bits per heavy atom. The Balaban J connectivity index is 1.73. The molecule has 1 saturated heterocycles. The van der Waals surface area contributed by atoms with Crippen molar-refractivity contribution in [3.8, 4) is 0 Å². The van der Waals surface area contributed by atoms with Gasteiger partial charge in [-0.2, -0.15) is 0 Å². The summed E-state index contributed by atoms with van der Waals surface area (Å²) in [4.78, 5) is 17.6. The summed E-state index contributed by atoms with van der Waals surface area (Å²) in [6.07, 6.45) is 2.18. The van der Waals surface area contributed by atoms with E-state index in [1.54, 1.807) is 17.4 Å². The molecule has 1 fully saturated rings. The van der Waals surface area contributed by atoms with Crippen LogP contribution in [0.5, 0.6) is 0 Å². The zero-order chi connectivity index (χ0) is 17.3. The predicted octanol–water partition coefficient (Wildman–Crippen LogP) is 4.67. The first kappa shape index (κ1) is 17.1. The number of amides is 1. The molecule has 2 atom stereocenters. The van der Waals surface area contributed by atoms with Crippen LogP contribution in [-0.2, 0) is 4.79 Å². The third-order valence-electron chi connectivity index (χ3n) is 4.72. The van der Waals surface area contributed by atoms with Gasteiger partial charge in [0, 0.05) is 21.5 Å². The molecule has 1 aromatic carbocycles. The second-order valence-corrected chi connectivity index (χ2v) is 7.79. The van der Waals surface area contributed by atoms with Crippen molar-refractivity contribution in [1.82, 2.24) is 4.90 Å². The highest BCUT2D eigenvalue weighted by molar-refractivity contribution is 7.12. The molecule has 128 valence electrons. The average molecular weight is 346 g/mol. The number of halogens is 1. The molecular weight excluding hydrogens is 323 g/mol. The molecule has 1 aliphatic rings. The van der Waals surface area contributed by atoms with Crippen LogP contribution in [0.2, 0.25) is 0 Å². The highest BCUT2D eigenvalue weighted by Crippen LogP contribution is 2.37. The minimum absolute atomic E-state index is 0.0797. The quantitative estimate of drug-likeness (QED) is 0.873. The summed E-state index contributed by atoms with van der Waals surface area (Å²) in [6.45, 7) is 6.82. The number of thiophene rings is 1. The van der Waals surface area contributed by atoms with Gasteiger partial charge in [-0.3, -0.25) is 9.69 Å². The van der Waals surface area contributed by atoms with E-state index in [9.17, 15) is 9.18 Å². The number of nitrogens with one attached hydrogen (secondary N) is 1. The number of hydrogen-bond donors (Lipinski definition) is 1. The van der Waals surface area contributed by atoms with Gasteiger partial charge >= 0.3 is 0 Å². The van der Waals surface area contributed by atoms with E-state index in [2.05, 4.69) is 29.3 Å². The fraction of sp³-hybridized carbons (Fsp3) is 0.421. The second kappa shape index (κ2) is 7.03. The Morgan fingerprint density at radius 2 is 2.12 bits per heavy atom. The lowest BCUT2D eigenvalue weighted by atomic mass is 10.1. The van der Waals surface area contributed by atoms with E-state index in [-0.39, 0.29) is 17.8 Å². The van der Waals surface area contributed by atoms with Gasteiger partial charge in [-0.1, -0.05) is 6.07 Å². The number of likely N-dealkylation sites (tertiary alicyclic amines) is 1. The normalized spacial score (nSPS) is 19.4. The summed E-state index contributed by atoms with van der Waals surface area (Å²) < 4.78 is 13.4. The summed E-state index contributed by atoms with van der Waals surface area (Å²) in [7, 11) is 0. The summed E-state index contributed by atoms with van der Waals surface area (Å²) in [5.41, 5.74) is 1.42. The van der Waals surface area contributed by atoms with Gasteiger partial charge in [-0.25, -0.2) is 4.39 Å². The fourth-order valence-electron chi connectivity index (χ4n) is 3.31. The molecule has 2 heterocycles. The number of hydrogen-bond acceptors (Lipinski definition) is 3. The van der Waals surface area contributed by atoms with E-state index in [0.717, 1.165) is 24.9 Å². The van der Waals surface area contributed by atoms with Crippen LogP contribution >= 0.6 is 11.3 Å². The van der Waals surface area contributed by atoms with E-state index in [1.165, 1.54) is 21.9 Å². The van der Waals surface area contributed by atoms with Crippen LogP contribution in [0.15, 0.2) is 30.3 Å². The zero-order valence-electron chi connectivity index (χ0n) is 14.3. The fourth-order valence-corrected chi connectivity index (χ4v) is 4.34. The van der Waals surface area contributed by atoms with E-state index in [4.69, 9.17) is 0 Å². The Kier molecular flexibility index (Phi) is 5.01. The van der Waals surface area contributed by atoms with Gasteiger partial charge in [0.15, 0.2) is 0 Å². The van der Waals surface area contributed by atoms with Crippen LogP contribution in [0.3, 0.4) is 0 Å². The molecule has 24 heavy (non-hydrogen) atoms. The smallest absolute Gasteiger partial charge is 0.241 e. The predicted molar refractivity (Wildman–Crippen MR) is 97.0 cm³/mol. The van der Waals surface area contributed by atoms with E-state index in [0.29, 0.717) is 11.7 Å². The Morgan fingerprint density at radius 1 is 1.33 bits per heavy atom. The lowest BCUT2D eigenvalue weighted by Gasteiger charge is -2.29. The van der Waals surface area contributed by atoms with Crippen molar-refractivity contribution in [3.63, 3.8) is 0 Å². The lowest BCUT2D eigenvalue weighted by molar-refractivity contribution is -0.121. The van der Waals surface area contributed by atoms with Crippen LogP contribution in [0.25, 0.3) is 0 Å². The summed E-state index contributed by atoms with van der Waals surface area (Å²) in [6, 6.07) is 8.83. The first-order valence-corrected chi connectivity index (χ1v) is 9.16. The molecule has 1 aliphatic heterocycles. The van der Waals surface area contributed by atoms with Crippen LogP contribution in [0.1, 0.15) is 41.1 Å². The number of carbonyl (C=O) groups is 1. The molecule has 2 unspecified atom stereocenters. The van der Waals surface area contributed by atoms with Crippen LogP contribution in [0, 0.1) is 19.7 Å². The Bertz CT molecular complexity index is 743. The molecule has 0 saturated carbocycles. The summed E-state index contributed by atoms with van der Waals surface area (Å²) in [5.74, 6) is -0.416. The Labute approximate surface area is 146 Å². The molecule has 0 spiro atoms. The standard InChI is InChI=1S/C19H23FN2OS/c1-12-6-8-15(20)11-16(12)21-19(23)14(3)22-10-4-5-17(22)18-9-7-13(2)24-18/h6-9,11,14,17H,4-5,10H2,1-3H3,(H,21,23). The molecule has 3 nitrogen and oxygen atoms in total. The SMILES string of the molecule is Cc1ccc(C2CCCN2C(C)C(=O)Nc2cc(F)ccc2C)s1. The van der Waals surface area contributed by atoms with Crippen molar-refractivity contribution >= 4 is 22.9 Å². The number of nitrogens with zero attached hydrogens (tertiary/aromatic N) is 1. The highest BCUT2D eigenvalue weighted by Gasteiger charge is 2.33. The topological polar surface area (TPSA) is 32.3 Å². The summed E-state index contributed by atoms with van der Waals surface area (Å²) >= 11 is 1.80. The Hall–Kier alpha value is -1.72. The molecular formula is C19H23FN2OS. The second-order valence-electron chi connectivity index (χ2n) is 6.47. The number of anilines is 1. The lowest BCUT2D eigenvalue weighted by Crippen LogP contribution is -2.41.